The van der Waals surface area contributed by atoms with Crippen LogP contribution >= 0.6 is 11.3 Å². The number of ether oxygens (including phenoxy) is 1. The Morgan fingerprint density at radius 1 is 1.26 bits per heavy atom. The standard InChI is InChI=1S/C16H13NOS/c1-10-5-12(18-2)6-15-13(10)3-4-14(15)16-9-19-8-11(16)7-17/h3-6,8-9,14H,1-2H3. The highest BCUT2D eigenvalue weighted by molar-refractivity contribution is 7.08. The van der Waals surface area contributed by atoms with Crippen molar-refractivity contribution in [3.8, 4) is 11.8 Å². The molecule has 0 fully saturated rings. The molecule has 1 atom stereocenters. The first-order valence-corrected chi connectivity index (χ1v) is 7.01. The zero-order valence-corrected chi connectivity index (χ0v) is 11.6. The Bertz CT molecular complexity index is 706. The second kappa shape index (κ2) is 4.56. The third-order valence-corrected chi connectivity index (χ3v) is 4.33. The van der Waals surface area contributed by atoms with Crippen molar-refractivity contribution in [2.24, 2.45) is 0 Å². The zero-order valence-electron chi connectivity index (χ0n) is 10.8. The monoisotopic (exact) mass is 267 g/mol. The van der Waals surface area contributed by atoms with Gasteiger partial charge >= 0.3 is 0 Å². The Kier molecular flexibility index (Phi) is 2.88. The Morgan fingerprint density at radius 2 is 2.11 bits per heavy atom. The van der Waals surface area contributed by atoms with E-state index in [1.807, 2.05) is 11.4 Å². The number of hydrogen-bond acceptors (Lipinski definition) is 3. The summed E-state index contributed by atoms with van der Waals surface area (Å²) in [6.45, 7) is 2.09. The molecule has 3 rings (SSSR count). The minimum absolute atomic E-state index is 0.171. The Balaban J connectivity index is 2.14. The van der Waals surface area contributed by atoms with Gasteiger partial charge in [-0.05, 0) is 46.7 Å². The average molecular weight is 267 g/mol. The van der Waals surface area contributed by atoms with Gasteiger partial charge in [0.2, 0.25) is 0 Å². The third kappa shape index (κ3) is 1.85. The molecule has 1 unspecified atom stereocenters. The molecule has 1 aromatic heterocycles. The van der Waals surface area contributed by atoms with Crippen LogP contribution in [0.25, 0.3) is 6.08 Å². The van der Waals surface area contributed by atoms with Gasteiger partial charge in [0.05, 0.1) is 12.7 Å². The molecule has 1 aliphatic rings. The van der Waals surface area contributed by atoms with Crippen LogP contribution < -0.4 is 4.74 Å². The van der Waals surface area contributed by atoms with Crippen LogP contribution in [0.5, 0.6) is 5.75 Å². The predicted octanol–water partition coefficient (Wildman–Crippen LogP) is 4.10. The normalized spacial score (nSPS) is 16.2. The number of allylic oxidation sites excluding steroid dienone is 1. The van der Waals surface area contributed by atoms with E-state index in [9.17, 15) is 5.26 Å². The quantitative estimate of drug-likeness (QED) is 0.820. The second-order valence-electron chi connectivity index (χ2n) is 4.64. The molecule has 2 nitrogen and oxygen atoms in total. The van der Waals surface area contributed by atoms with Gasteiger partial charge in [0.1, 0.15) is 11.8 Å². The molecule has 0 saturated carbocycles. The summed E-state index contributed by atoms with van der Waals surface area (Å²) in [5.41, 5.74) is 5.55. The van der Waals surface area contributed by atoms with Crippen molar-refractivity contribution >= 4 is 17.4 Å². The summed E-state index contributed by atoms with van der Waals surface area (Å²) in [5, 5.41) is 13.2. The lowest BCUT2D eigenvalue weighted by atomic mass is 9.91. The van der Waals surface area contributed by atoms with E-state index >= 15 is 0 Å². The maximum Gasteiger partial charge on any atom is 0.119 e. The first kappa shape index (κ1) is 12.0. The van der Waals surface area contributed by atoms with Crippen molar-refractivity contribution in [1.82, 2.24) is 0 Å². The van der Waals surface area contributed by atoms with Crippen LogP contribution in [0.3, 0.4) is 0 Å². The van der Waals surface area contributed by atoms with E-state index < -0.39 is 0 Å². The van der Waals surface area contributed by atoms with Crippen LogP contribution in [0, 0.1) is 18.3 Å². The van der Waals surface area contributed by atoms with Gasteiger partial charge in [0.15, 0.2) is 0 Å². The summed E-state index contributed by atoms with van der Waals surface area (Å²) < 4.78 is 5.35. The first-order chi connectivity index (χ1) is 9.24. The van der Waals surface area contributed by atoms with E-state index in [-0.39, 0.29) is 5.92 Å². The summed E-state index contributed by atoms with van der Waals surface area (Å²) >= 11 is 1.58. The van der Waals surface area contributed by atoms with E-state index in [0.29, 0.717) is 0 Å². The molecule has 0 radical (unpaired) electrons. The van der Waals surface area contributed by atoms with Gasteiger partial charge < -0.3 is 4.74 Å². The minimum Gasteiger partial charge on any atom is -0.497 e. The van der Waals surface area contributed by atoms with Crippen molar-refractivity contribution in [3.63, 3.8) is 0 Å². The highest BCUT2D eigenvalue weighted by Crippen LogP contribution is 2.41. The molecule has 19 heavy (non-hydrogen) atoms. The SMILES string of the molecule is COc1cc(C)c2c(c1)C(c1cscc1C#N)C=C2. The average Bonchev–Trinajstić information content (AvgIpc) is 3.03. The number of hydrogen-bond donors (Lipinski definition) is 0. The summed E-state index contributed by atoms with van der Waals surface area (Å²) in [5.74, 6) is 1.04. The molecule has 1 aromatic carbocycles. The number of fused-ring (bicyclic) bond motifs is 1. The van der Waals surface area contributed by atoms with Gasteiger partial charge in [-0.1, -0.05) is 12.2 Å². The number of methoxy groups -OCH3 is 1. The van der Waals surface area contributed by atoms with Gasteiger partial charge in [0, 0.05) is 11.3 Å². The number of nitrogens with zero attached hydrogens (tertiary/aromatic N) is 1. The number of thiophene rings is 1. The van der Waals surface area contributed by atoms with Crippen molar-refractivity contribution < 1.29 is 4.74 Å². The smallest absolute Gasteiger partial charge is 0.119 e. The van der Waals surface area contributed by atoms with Crippen LogP contribution in [0.4, 0.5) is 0 Å². The van der Waals surface area contributed by atoms with E-state index in [0.717, 1.165) is 16.9 Å². The molecule has 1 aliphatic carbocycles. The maximum atomic E-state index is 9.18. The van der Waals surface area contributed by atoms with Crippen LogP contribution in [-0.4, -0.2) is 7.11 Å². The second-order valence-corrected chi connectivity index (χ2v) is 5.38. The Labute approximate surface area is 116 Å². The molecule has 0 bridgehead atoms. The van der Waals surface area contributed by atoms with Crippen molar-refractivity contribution in [3.05, 3.63) is 56.8 Å². The molecule has 1 heterocycles. The number of aryl methyl sites for hydroxylation is 1. The molecule has 0 amide bonds. The van der Waals surface area contributed by atoms with Crippen molar-refractivity contribution in [2.45, 2.75) is 12.8 Å². The van der Waals surface area contributed by atoms with Crippen LogP contribution in [0.1, 0.15) is 33.7 Å². The van der Waals surface area contributed by atoms with Crippen LogP contribution in [0.15, 0.2) is 29.0 Å². The van der Waals surface area contributed by atoms with Crippen LogP contribution in [0.2, 0.25) is 0 Å². The Morgan fingerprint density at radius 3 is 2.84 bits per heavy atom. The number of benzene rings is 1. The first-order valence-electron chi connectivity index (χ1n) is 6.07. The number of nitriles is 1. The van der Waals surface area contributed by atoms with E-state index in [2.05, 4.69) is 36.6 Å². The molecule has 3 heteroatoms. The largest absolute Gasteiger partial charge is 0.497 e. The zero-order chi connectivity index (χ0) is 13.4. The highest BCUT2D eigenvalue weighted by atomic mass is 32.1. The lowest BCUT2D eigenvalue weighted by Gasteiger charge is -2.13. The summed E-state index contributed by atoms with van der Waals surface area (Å²) in [6, 6.07) is 6.39. The predicted molar refractivity (Wildman–Crippen MR) is 77.6 cm³/mol. The third-order valence-electron chi connectivity index (χ3n) is 3.57. The fourth-order valence-corrected chi connectivity index (χ4v) is 3.41. The summed E-state index contributed by atoms with van der Waals surface area (Å²) in [6.07, 6.45) is 4.31. The van der Waals surface area contributed by atoms with Gasteiger partial charge in [-0.2, -0.15) is 16.6 Å². The molecule has 0 saturated heterocycles. The molecular weight excluding hydrogens is 254 g/mol. The van der Waals surface area contributed by atoms with Gasteiger partial charge in [-0.15, -0.1) is 0 Å². The number of rotatable bonds is 2. The fraction of sp³-hybridized carbons (Fsp3) is 0.188. The lowest BCUT2D eigenvalue weighted by Crippen LogP contribution is -1.98. The van der Waals surface area contributed by atoms with Gasteiger partial charge in [-0.3, -0.25) is 0 Å². The molecule has 0 N–H and O–H groups in total. The van der Waals surface area contributed by atoms with E-state index in [1.54, 1.807) is 18.4 Å². The van der Waals surface area contributed by atoms with Crippen LogP contribution in [-0.2, 0) is 0 Å². The maximum absolute atomic E-state index is 9.18. The summed E-state index contributed by atoms with van der Waals surface area (Å²) in [7, 11) is 1.68. The van der Waals surface area contributed by atoms with Crippen molar-refractivity contribution in [2.75, 3.05) is 7.11 Å². The van der Waals surface area contributed by atoms with Crippen molar-refractivity contribution in [1.29, 1.82) is 5.26 Å². The van der Waals surface area contributed by atoms with Gasteiger partial charge in [0.25, 0.3) is 0 Å². The topological polar surface area (TPSA) is 33.0 Å². The summed E-state index contributed by atoms with van der Waals surface area (Å²) in [4.78, 5) is 0. The molecule has 0 aliphatic heterocycles. The van der Waals surface area contributed by atoms with E-state index in [1.165, 1.54) is 16.7 Å². The fourth-order valence-electron chi connectivity index (χ4n) is 2.60. The molecule has 0 spiro atoms. The molecular formula is C16H13NOS. The molecule has 2 aromatic rings. The highest BCUT2D eigenvalue weighted by Gasteiger charge is 2.24. The van der Waals surface area contributed by atoms with E-state index in [4.69, 9.17) is 4.74 Å². The Hall–Kier alpha value is -2.05. The molecule has 94 valence electrons. The lowest BCUT2D eigenvalue weighted by molar-refractivity contribution is 0.414. The minimum atomic E-state index is 0.171. The van der Waals surface area contributed by atoms with Gasteiger partial charge in [-0.25, -0.2) is 0 Å².